The summed E-state index contributed by atoms with van der Waals surface area (Å²) in [6.45, 7) is -0.489. The lowest BCUT2D eigenvalue weighted by molar-refractivity contribution is -0.130. The van der Waals surface area contributed by atoms with Crippen LogP contribution in [0.4, 0.5) is 13.2 Å². The lowest BCUT2D eigenvalue weighted by Gasteiger charge is -2.16. The largest absolute Gasteiger partial charge is 0.336 e. The fourth-order valence-corrected chi connectivity index (χ4v) is 2.29. The first-order valence-corrected chi connectivity index (χ1v) is 6.26. The lowest BCUT2D eigenvalue weighted by atomic mass is 10.1. The van der Waals surface area contributed by atoms with Gasteiger partial charge in [0.1, 0.15) is 5.82 Å². The number of carbonyl (C=O) groups excluding carboxylic acids is 1. The predicted octanol–water partition coefficient (Wildman–Crippen LogP) is 3.00. The van der Waals surface area contributed by atoms with Gasteiger partial charge in [-0.25, -0.2) is 13.2 Å². The van der Waals surface area contributed by atoms with E-state index in [1.54, 1.807) is 0 Å². The van der Waals surface area contributed by atoms with Gasteiger partial charge >= 0.3 is 0 Å². The topological polar surface area (TPSA) is 20.3 Å². The zero-order valence-corrected chi connectivity index (χ0v) is 11.0. The van der Waals surface area contributed by atoms with Crippen molar-refractivity contribution in [1.29, 1.82) is 0 Å². The summed E-state index contributed by atoms with van der Waals surface area (Å²) >= 11 is 3.20. The van der Waals surface area contributed by atoms with Crippen LogP contribution in [0.3, 0.4) is 0 Å². The fourth-order valence-electron chi connectivity index (χ4n) is 1.90. The van der Waals surface area contributed by atoms with E-state index in [1.807, 2.05) is 0 Å². The maximum atomic E-state index is 13.0. The van der Waals surface area contributed by atoms with Gasteiger partial charge in [-0.1, -0.05) is 15.9 Å². The molecule has 1 aromatic carbocycles. The Kier molecular flexibility index (Phi) is 3.66. The van der Waals surface area contributed by atoms with Crippen molar-refractivity contribution in [3.05, 3.63) is 34.1 Å². The Labute approximate surface area is 111 Å². The van der Waals surface area contributed by atoms with Gasteiger partial charge in [0.25, 0.3) is 5.92 Å². The van der Waals surface area contributed by atoms with Crippen LogP contribution < -0.4 is 0 Å². The molecule has 0 unspecified atom stereocenters. The number of hydrogen-bond donors (Lipinski definition) is 0. The van der Waals surface area contributed by atoms with Gasteiger partial charge < -0.3 is 4.90 Å². The molecule has 1 heterocycles. The van der Waals surface area contributed by atoms with Crippen molar-refractivity contribution in [3.8, 4) is 0 Å². The molecular weight excluding hydrogens is 311 g/mol. The molecule has 1 aliphatic heterocycles. The molecule has 0 N–H and O–H groups in total. The highest BCUT2D eigenvalue weighted by Gasteiger charge is 2.40. The van der Waals surface area contributed by atoms with Crippen LogP contribution >= 0.6 is 15.9 Å². The Morgan fingerprint density at radius 3 is 2.78 bits per heavy atom. The first kappa shape index (κ1) is 13.4. The standard InChI is InChI=1S/C12H11BrF3NO/c13-10-2-1-9(14)5-8(10)6-11(18)17-4-3-12(15,16)7-17/h1-2,5H,3-4,6-7H2. The third-order valence-electron chi connectivity index (χ3n) is 2.87. The summed E-state index contributed by atoms with van der Waals surface area (Å²) in [5, 5.41) is 0. The first-order valence-electron chi connectivity index (χ1n) is 5.47. The van der Waals surface area contributed by atoms with Crippen molar-refractivity contribution in [2.45, 2.75) is 18.8 Å². The summed E-state index contributed by atoms with van der Waals surface area (Å²) in [4.78, 5) is 12.9. The minimum absolute atomic E-state index is 0.0543. The number of alkyl halides is 2. The van der Waals surface area contributed by atoms with Crippen LogP contribution in [0, 0.1) is 5.82 Å². The van der Waals surface area contributed by atoms with E-state index in [-0.39, 0.29) is 19.4 Å². The molecule has 0 radical (unpaired) electrons. The number of benzene rings is 1. The van der Waals surface area contributed by atoms with Gasteiger partial charge in [0.05, 0.1) is 13.0 Å². The van der Waals surface area contributed by atoms with Gasteiger partial charge in [0.2, 0.25) is 5.91 Å². The number of rotatable bonds is 2. The Morgan fingerprint density at radius 2 is 2.17 bits per heavy atom. The number of nitrogens with zero attached hydrogens (tertiary/aromatic N) is 1. The summed E-state index contributed by atoms with van der Waals surface area (Å²) < 4.78 is 39.6. The molecule has 2 rings (SSSR count). The minimum Gasteiger partial charge on any atom is -0.336 e. The van der Waals surface area contributed by atoms with E-state index in [0.29, 0.717) is 10.0 Å². The Morgan fingerprint density at radius 1 is 1.44 bits per heavy atom. The maximum absolute atomic E-state index is 13.0. The molecule has 1 saturated heterocycles. The van der Waals surface area contributed by atoms with E-state index in [0.717, 1.165) is 4.90 Å². The van der Waals surface area contributed by atoms with Gasteiger partial charge in [0.15, 0.2) is 0 Å². The minimum atomic E-state index is -2.80. The van der Waals surface area contributed by atoms with Crippen molar-refractivity contribution in [2.75, 3.05) is 13.1 Å². The molecule has 1 aromatic rings. The van der Waals surface area contributed by atoms with Crippen LogP contribution in [0.2, 0.25) is 0 Å². The van der Waals surface area contributed by atoms with E-state index in [9.17, 15) is 18.0 Å². The van der Waals surface area contributed by atoms with Crippen LogP contribution in [-0.4, -0.2) is 29.8 Å². The lowest BCUT2D eigenvalue weighted by Crippen LogP contribution is -2.32. The van der Waals surface area contributed by atoms with Gasteiger partial charge in [-0.05, 0) is 23.8 Å². The smallest absolute Gasteiger partial charge is 0.267 e. The normalized spacial score (nSPS) is 18.1. The van der Waals surface area contributed by atoms with Crippen molar-refractivity contribution < 1.29 is 18.0 Å². The number of halogens is 4. The first-order chi connectivity index (χ1) is 8.37. The average molecular weight is 322 g/mol. The zero-order chi connectivity index (χ0) is 13.3. The molecule has 98 valence electrons. The van der Waals surface area contributed by atoms with E-state index in [2.05, 4.69) is 15.9 Å². The van der Waals surface area contributed by atoms with Crippen LogP contribution in [0.5, 0.6) is 0 Å². The third-order valence-corrected chi connectivity index (χ3v) is 3.65. The van der Waals surface area contributed by atoms with E-state index in [1.165, 1.54) is 18.2 Å². The molecule has 0 saturated carbocycles. The summed E-state index contributed by atoms with van der Waals surface area (Å²) in [5.41, 5.74) is 0.468. The monoisotopic (exact) mass is 321 g/mol. The molecule has 0 aromatic heterocycles. The van der Waals surface area contributed by atoms with Gasteiger partial charge in [0, 0.05) is 17.4 Å². The molecule has 0 bridgehead atoms. The number of amides is 1. The highest BCUT2D eigenvalue weighted by atomic mass is 79.9. The highest BCUT2D eigenvalue weighted by Crippen LogP contribution is 2.27. The summed E-state index contributed by atoms with van der Waals surface area (Å²) in [6.07, 6.45) is -0.377. The summed E-state index contributed by atoms with van der Waals surface area (Å²) in [7, 11) is 0. The van der Waals surface area contributed by atoms with Crippen LogP contribution in [-0.2, 0) is 11.2 Å². The zero-order valence-electron chi connectivity index (χ0n) is 9.43. The van der Waals surface area contributed by atoms with Crippen molar-refractivity contribution >= 4 is 21.8 Å². The van der Waals surface area contributed by atoms with E-state index in [4.69, 9.17) is 0 Å². The molecule has 0 aliphatic carbocycles. The second-order valence-corrected chi connectivity index (χ2v) is 5.19. The Balaban J connectivity index is 2.06. The number of likely N-dealkylation sites (tertiary alicyclic amines) is 1. The van der Waals surface area contributed by atoms with Crippen molar-refractivity contribution in [1.82, 2.24) is 4.90 Å². The number of hydrogen-bond acceptors (Lipinski definition) is 1. The molecule has 1 fully saturated rings. The molecule has 2 nitrogen and oxygen atoms in total. The quantitative estimate of drug-likeness (QED) is 0.820. The SMILES string of the molecule is O=C(Cc1cc(F)ccc1Br)N1CCC(F)(F)C1. The second kappa shape index (κ2) is 4.91. The molecular formula is C12H11BrF3NO. The molecule has 6 heteroatoms. The maximum Gasteiger partial charge on any atom is 0.267 e. The summed E-state index contributed by atoms with van der Waals surface area (Å²) in [6, 6.07) is 3.99. The van der Waals surface area contributed by atoms with Crippen molar-refractivity contribution in [2.24, 2.45) is 0 Å². The second-order valence-electron chi connectivity index (χ2n) is 4.33. The Hall–Kier alpha value is -1.04. The molecule has 0 atom stereocenters. The molecule has 18 heavy (non-hydrogen) atoms. The molecule has 1 aliphatic rings. The van der Waals surface area contributed by atoms with E-state index >= 15 is 0 Å². The summed E-state index contributed by atoms with van der Waals surface area (Å²) in [5.74, 6) is -3.65. The van der Waals surface area contributed by atoms with Gasteiger partial charge in [-0.3, -0.25) is 4.79 Å². The third kappa shape index (κ3) is 3.04. The van der Waals surface area contributed by atoms with Crippen LogP contribution in [0.1, 0.15) is 12.0 Å². The van der Waals surface area contributed by atoms with Gasteiger partial charge in [-0.2, -0.15) is 0 Å². The van der Waals surface area contributed by atoms with Crippen LogP contribution in [0.15, 0.2) is 22.7 Å². The fraction of sp³-hybridized carbons (Fsp3) is 0.417. The van der Waals surface area contributed by atoms with Crippen LogP contribution in [0.25, 0.3) is 0 Å². The average Bonchev–Trinajstić information content (AvgIpc) is 2.64. The molecule has 0 spiro atoms. The Bertz CT molecular complexity index is 478. The van der Waals surface area contributed by atoms with Crippen molar-refractivity contribution in [3.63, 3.8) is 0 Å². The molecule has 1 amide bonds. The number of carbonyl (C=O) groups is 1. The highest BCUT2D eigenvalue weighted by molar-refractivity contribution is 9.10. The predicted molar refractivity (Wildman–Crippen MR) is 63.9 cm³/mol. The van der Waals surface area contributed by atoms with Gasteiger partial charge in [-0.15, -0.1) is 0 Å². The van der Waals surface area contributed by atoms with E-state index < -0.39 is 24.2 Å².